The molecule has 1 fully saturated rings. The van der Waals surface area contributed by atoms with Crippen molar-refractivity contribution in [1.82, 2.24) is 15.0 Å². The highest BCUT2D eigenvalue weighted by Crippen LogP contribution is 2.25. The summed E-state index contributed by atoms with van der Waals surface area (Å²) in [5, 5.41) is 14.1. The zero-order valence-corrected chi connectivity index (χ0v) is 14.3. The van der Waals surface area contributed by atoms with Crippen LogP contribution >= 0.6 is 11.3 Å². The van der Waals surface area contributed by atoms with Gasteiger partial charge in [-0.25, -0.2) is 19.4 Å². The van der Waals surface area contributed by atoms with Crippen molar-refractivity contribution in [1.29, 1.82) is 0 Å². The molecule has 0 aromatic carbocycles. The van der Waals surface area contributed by atoms with Crippen molar-refractivity contribution in [3.63, 3.8) is 0 Å². The Morgan fingerprint density at radius 3 is 3.00 bits per heavy atom. The number of carbonyl (C=O) groups is 1. The number of aromatic nitrogens is 3. The first-order chi connectivity index (χ1) is 12.6. The molecule has 3 aromatic heterocycles. The van der Waals surface area contributed by atoms with Crippen LogP contribution in [0.15, 0.2) is 34.9 Å². The second-order valence-electron chi connectivity index (χ2n) is 5.94. The summed E-state index contributed by atoms with van der Waals surface area (Å²) in [7, 11) is 0. The van der Waals surface area contributed by atoms with E-state index < -0.39 is 17.8 Å². The number of halogens is 1. The fourth-order valence-corrected chi connectivity index (χ4v) is 3.41. The van der Waals surface area contributed by atoms with Crippen molar-refractivity contribution in [2.24, 2.45) is 4.99 Å². The van der Waals surface area contributed by atoms with Gasteiger partial charge in [0.25, 0.3) is 5.91 Å². The number of pyridine rings is 1. The van der Waals surface area contributed by atoms with Crippen LogP contribution < -0.4 is 5.32 Å². The first kappa shape index (κ1) is 16.7. The number of thiophene rings is 1. The molecule has 0 bridgehead atoms. The fourth-order valence-electron chi connectivity index (χ4n) is 2.59. The number of nitrogens with zero attached hydrogens (tertiary/aromatic N) is 4. The largest absolute Gasteiger partial charge is 0.392 e. The number of carbonyl (C=O) groups excluding carboxylic acids is 1. The van der Waals surface area contributed by atoms with Crippen LogP contribution in [0.25, 0.3) is 10.2 Å². The molecule has 0 atom stereocenters. The van der Waals surface area contributed by atoms with Crippen molar-refractivity contribution in [2.45, 2.75) is 25.5 Å². The second-order valence-corrected chi connectivity index (χ2v) is 6.86. The zero-order chi connectivity index (χ0) is 18.1. The van der Waals surface area contributed by atoms with E-state index >= 15 is 0 Å². The third-order valence-corrected chi connectivity index (χ3v) is 4.83. The lowest BCUT2D eigenvalue weighted by Crippen LogP contribution is -2.29. The molecule has 1 amide bonds. The molecule has 0 saturated heterocycles. The number of aliphatic hydroxyl groups excluding tert-OH is 1. The second kappa shape index (κ2) is 6.85. The molecule has 0 radical (unpaired) electrons. The van der Waals surface area contributed by atoms with Crippen molar-refractivity contribution in [2.75, 3.05) is 5.32 Å². The van der Waals surface area contributed by atoms with Crippen LogP contribution in [-0.2, 0) is 6.54 Å². The maximum atomic E-state index is 13.2. The summed E-state index contributed by atoms with van der Waals surface area (Å²) in [5.74, 6) is -0.609. The van der Waals surface area contributed by atoms with Gasteiger partial charge in [-0.05, 0) is 23.1 Å². The topological polar surface area (TPSA) is 100 Å². The van der Waals surface area contributed by atoms with E-state index in [9.17, 15) is 14.3 Å². The standard InChI is InChI=1S/C17H14FN5O2S/c18-10-3-9(6-19-8-10)7-20-17-22-13-1-2-26-15(13)14(23-17)16(25)21-11-4-12(24)5-11/h1-3,6,8,12,24H,4-5,7H2,(H,20,22,23). The number of anilines is 1. The molecule has 3 aromatic rings. The van der Waals surface area contributed by atoms with E-state index in [0.29, 0.717) is 34.3 Å². The molecular formula is C17H14FN5O2S. The molecule has 1 aliphatic carbocycles. The van der Waals surface area contributed by atoms with E-state index in [2.05, 4.69) is 25.3 Å². The van der Waals surface area contributed by atoms with Crippen LogP contribution in [0.4, 0.5) is 10.3 Å². The quantitative estimate of drug-likeness (QED) is 0.731. The monoisotopic (exact) mass is 371 g/mol. The highest BCUT2D eigenvalue weighted by atomic mass is 32.1. The molecule has 4 rings (SSSR count). The Labute approximate surface area is 151 Å². The summed E-state index contributed by atoms with van der Waals surface area (Å²) in [6.07, 6.45) is 3.10. The highest BCUT2D eigenvalue weighted by Gasteiger charge is 2.24. The van der Waals surface area contributed by atoms with Crippen molar-refractivity contribution in [3.05, 3.63) is 47.0 Å². The lowest BCUT2D eigenvalue weighted by atomic mass is 9.93. The van der Waals surface area contributed by atoms with Crippen LogP contribution in [0.3, 0.4) is 0 Å². The van der Waals surface area contributed by atoms with Crippen LogP contribution in [-0.4, -0.2) is 37.8 Å². The van der Waals surface area contributed by atoms with Crippen molar-refractivity contribution < 1.29 is 14.3 Å². The lowest BCUT2D eigenvalue weighted by molar-refractivity contribution is 0.0996. The molecule has 3 heterocycles. The molecule has 0 unspecified atom stereocenters. The third kappa shape index (κ3) is 3.44. The normalized spacial score (nSPS) is 16.4. The molecule has 1 saturated carbocycles. The number of nitrogens with one attached hydrogen (secondary N) is 1. The van der Waals surface area contributed by atoms with Gasteiger partial charge in [0.2, 0.25) is 5.95 Å². The molecule has 26 heavy (non-hydrogen) atoms. The Kier molecular flexibility index (Phi) is 4.39. The molecular weight excluding hydrogens is 357 g/mol. The van der Waals surface area contributed by atoms with Gasteiger partial charge in [-0.3, -0.25) is 9.78 Å². The predicted octanol–water partition coefficient (Wildman–Crippen LogP) is 2.57. The smallest absolute Gasteiger partial charge is 0.297 e. The van der Waals surface area contributed by atoms with Gasteiger partial charge in [0.15, 0.2) is 5.69 Å². The Balaban J connectivity index is 1.60. The minimum atomic E-state index is -0.447. The number of hydrogen-bond acceptors (Lipinski definition) is 7. The molecule has 0 spiro atoms. The predicted molar refractivity (Wildman–Crippen MR) is 95.9 cm³/mol. The average Bonchev–Trinajstić information content (AvgIpc) is 3.06. The van der Waals surface area contributed by atoms with E-state index in [-0.39, 0.29) is 18.2 Å². The van der Waals surface area contributed by atoms with Gasteiger partial charge in [-0.1, -0.05) is 0 Å². The van der Waals surface area contributed by atoms with Gasteiger partial charge in [0.05, 0.1) is 22.5 Å². The number of rotatable bonds is 4. The maximum Gasteiger partial charge on any atom is 0.297 e. The SMILES string of the molecule is O=C(N=C1CC(O)C1)c1nc(NCc2cncc(F)c2)nc2ccsc12. The minimum absolute atomic E-state index is 0.221. The number of aliphatic imine (C=N–C) groups is 1. The number of hydrogen-bond donors (Lipinski definition) is 2. The van der Waals surface area contributed by atoms with Crippen LogP contribution in [0.1, 0.15) is 28.9 Å². The molecule has 132 valence electrons. The van der Waals surface area contributed by atoms with Crippen LogP contribution in [0.2, 0.25) is 0 Å². The van der Waals surface area contributed by atoms with E-state index in [4.69, 9.17) is 0 Å². The minimum Gasteiger partial charge on any atom is -0.392 e. The number of fused-ring (bicyclic) bond motifs is 1. The van der Waals surface area contributed by atoms with E-state index in [1.807, 2.05) is 5.38 Å². The molecule has 9 heteroatoms. The maximum absolute atomic E-state index is 13.2. The molecule has 2 N–H and O–H groups in total. The third-order valence-electron chi connectivity index (χ3n) is 3.92. The zero-order valence-electron chi connectivity index (χ0n) is 13.5. The summed E-state index contributed by atoms with van der Waals surface area (Å²) in [4.78, 5) is 29.0. The van der Waals surface area contributed by atoms with E-state index in [1.54, 1.807) is 12.3 Å². The summed E-state index contributed by atoms with van der Waals surface area (Å²) < 4.78 is 13.9. The number of aliphatic hydroxyl groups is 1. The van der Waals surface area contributed by atoms with Gasteiger partial charge in [-0.15, -0.1) is 11.3 Å². The van der Waals surface area contributed by atoms with Gasteiger partial charge < -0.3 is 10.4 Å². The summed E-state index contributed by atoms with van der Waals surface area (Å²) in [5.41, 5.74) is 2.17. The van der Waals surface area contributed by atoms with Crippen LogP contribution in [0, 0.1) is 5.82 Å². The van der Waals surface area contributed by atoms with Gasteiger partial charge in [0, 0.05) is 31.3 Å². The molecule has 7 nitrogen and oxygen atoms in total. The van der Waals surface area contributed by atoms with Gasteiger partial charge in [0.1, 0.15) is 5.82 Å². The lowest BCUT2D eigenvalue weighted by Gasteiger charge is -2.21. The van der Waals surface area contributed by atoms with Gasteiger partial charge in [-0.2, -0.15) is 0 Å². The highest BCUT2D eigenvalue weighted by molar-refractivity contribution is 7.17. The van der Waals surface area contributed by atoms with Crippen molar-refractivity contribution >= 4 is 39.1 Å². The first-order valence-electron chi connectivity index (χ1n) is 7.96. The summed E-state index contributed by atoms with van der Waals surface area (Å²) in [6, 6.07) is 3.16. The number of amides is 1. The van der Waals surface area contributed by atoms with Gasteiger partial charge >= 0.3 is 0 Å². The molecule has 0 aliphatic heterocycles. The Bertz CT molecular complexity index is 1010. The van der Waals surface area contributed by atoms with E-state index in [0.717, 1.165) is 6.20 Å². The Morgan fingerprint density at radius 1 is 1.38 bits per heavy atom. The summed E-state index contributed by atoms with van der Waals surface area (Å²) in [6.45, 7) is 0.273. The Hall–Kier alpha value is -2.78. The first-order valence-corrected chi connectivity index (χ1v) is 8.84. The Morgan fingerprint density at radius 2 is 2.23 bits per heavy atom. The fraction of sp³-hybridized carbons (Fsp3) is 0.235. The van der Waals surface area contributed by atoms with E-state index in [1.165, 1.54) is 17.4 Å². The van der Waals surface area contributed by atoms with Crippen molar-refractivity contribution in [3.8, 4) is 0 Å². The molecule has 1 aliphatic rings. The average molecular weight is 371 g/mol. The van der Waals surface area contributed by atoms with Crippen LogP contribution in [0.5, 0.6) is 0 Å². The summed E-state index contributed by atoms with van der Waals surface area (Å²) >= 11 is 1.37.